The maximum absolute atomic E-state index is 11.9. The Labute approximate surface area is 80.4 Å². The van der Waals surface area contributed by atoms with Crippen molar-refractivity contribution >= 4 is 0 Å². The molecule has 0 spiro atoms. The zero-order chi connectivity index (χ0) is 10.6. The summed E-state index contributed by atoms with van der Waals surface area (Å²) in [5.74, 6) is 0.503. The molecule has 0 saturated carbocycles. The maximum atomic E-state index is 11.9. The van der Waals surface area contributed by atoms with Gasteiger partial charge in [-0.3, -0.25) is 0 Å². The van der Waals surface area contributed by atoms with Crippen LogP contribution in [0.3, 0.4) is 0 Å². The summed E-state index contributed by atoms with van der Waals surface area (Å²) in [5.41, 5.74) is 6.06. The number of hydrogen-bond acceptors (Lipinski definition) is 3. The Morgan fingerprint density at radius 3 is 2.43 bits per heavy atom. The minimum absolute atomic E-state index is 0.0554. The van der Waals surface area contributed by atoms with E-state index in [2.05, 4.69) is 4.74 Å². The van der Waals surface area contributed by atoms with Crippen LogP contribution in [-0.4, -0.2) is 13.7 Å². The minimum atomic E-state index is -2.84. The molecule has 0 atom stereocenters. The predicted molar refractivity (Wildman–Crippen MR) is 47.5 cm³/mol. The maximum Gasteiger partial charge on any atom is 0.387 e. The summed E-state index contributed by atoms with van der Waals surface area (Å²) in [7, 11) is 1.45. The Kier molecular flexibility index (Phi) is 3.64. The lowest BCUT2D eigenvalue weighted by molar-refractivity contribution is -0.0499. The fourth-order valence-corrected chi connectivity index (χ4v) is 1.04. The predicted octanol–water partition coefficient (Wildman–Crippen LogP) is 1.76. The van der Waals surface area contributed by atoms with E-state index in [9.17, 15) is 8.78 Å². The first-order valence-electron chi connectivity index (χ1n) is 3.98. The molecule has 0 bridgehead atoms. The van der Waals surface area contributed by atoms with E-state index in [1.807, 2.05) is 0 Å². The molecule has 0 radical (unpaired) electrons. The summed E-state index contributed by atoms with van der Waals surface area (Å²) in [6.45, 7) is -2.59. The van der Waals surface area contributed by atoms with Gasteiger partial charge in [-0.15, -0.1) is 0 Å². The Balaban J connectivity index is 2.92. The molecule has 14 heavy (non-hydrogen) atoms. The van der Waals surface area contributed by atoms with Gasteiger partial charge in [0.05, 0.1) is 7.11 Å². The first kappa shape index (κ1) is 10.7. The number of ether oxygens (including phenoxy) is 2. The Bertz CT molecular complexity index is 283. The van der Waals surface area contributed by atoms with Gasteiger partial charge in [0, 0.05) is 12.6 Å². The standard InChI is InChI=1S/C9H11F2NO2/c1-13-7-2-6(5-12)3-8(4-7)14-9(10)11/h2-4,9H,5,12H2,1H3. The SMILES string of the molecule is COc1cc(CN)cc(OC(F)F)c1. The quantitative estimate of drug-likeness (QED) is 0.810. The summed E-state index contributed by atoms with van der Waals surface area (Å²) in [4.78, 5) is 0. The molecular formula is C9H11F2NO2. The molecule has 0 aromatic heterocycles. The van der Waals surface area contributed by atoms with Crippen LogP contribution < -0.4 is 15.2 Å². The lowest BCUT2D eigenvalue weighted by atomic mass is 10.2. The van der Waals surface area contributed by atoms with Crippen molar-refractivity contribution in [3.05, 3.63) is 23.8 Å². The van der Waals surface area contributed by atoms with Crippen LogP contribution in [0, 0.1) is 0 Å². The summed E-state index contributed by atoms with van der Waals surface area (Å²) in [5, 5.41) is 0. The number of hydrogen-bond donors (Lipinski definition) is 1. The van der Waals surface area contributed by atoms with Gasteiger partial charge in [-0.2, -0.15) is 8.78 Å². The fourth-order valence-electron chi connectivity index (χ4n) is 1.04. The number of methoxy groups -OCH3 is 1. The third kappa shape index (κ3) is 2.85. The van der Waals surface area contributed by atoms with Crippen molar-refractivity contribution in [2.24, 2.45) is 5.73 Å². The first-order chi connectivity index (χ1) is 6.65. The average Bonchev–Trinajstić information content (AvgIpc) is 2.16. The van der Waals surface area contributed by atoms with Gasteiger partial charge in [0.15, 0.2) is 0 Å². The molecule has 1 aromatic carbocycles. The average molecular weight is 203 g/mol. The van der Waals surface area contributed by atoms with Crippen molar-refractivity contribution in [1.82, 2.24) is 0 Å². The van der Waals surface area contributed by atoms with Crippen molar-refractivity contribution < 1.29 is 18.3 Å². The Morgan fingerprint density at radius 2 is 1.93 bits per heavy atom. The summed E-state index contributed by atoms with van der Waals surface area (Å²) in [6.07, 6.45) is 0. The van der Waals surface area contributed by atoms with Crippen LogP contribution in [0.4, 0.5) is 8.78 Å². The molecular weight excluding hydrogens is 192 g/mol. The Morgan fingerprint density at radius 1 is 1.29 bits per heavy atom. The normalized spacial score (nSPS) is 10.4. The van der Waals surface area contributed by atoms with Gasteiger partial charge < -0.3 is 15.2 Å². The smallest absolute Gasteiger partial charge is 0.387 e. The van der Waals surface area contributed by atoms with E-state index in [0.29, 0.717) is 11.3 Å². The largest absolute Gasteiger partial charge is 0.497 e. The topological polar surface area (TPSA) is 44.5 Å². The van der Waals surface area contributed by atoms with Crippen LogP contribution in [0.1, 0.15) is 5.56 Å². The lowest BCUT2D eigenvalue weighted by Gasteiger charge is -2.08. The molecule has 0 heterocycles. The highest BCUT2D eigenvalue weighted by Gasteiger charge is 2.06. The second kappa shape index (κ2) is 4.76. The number of halogens is 2. The van der Waals surface area contributed by atoms with Crippen molar-refractivity contribution in [2.75, 3.05) is 7.11 Å². The van der Waals surface area contributed by atoms with Crippen LogP contribution in [0.2, 0.25) is 0 Å². The van der Waals surface area contributed by atoms with Crippen molar-refractivity contribution in [2.45, 2.75) is 13.2 Å². The van der Waals surface area contributed by atoms with Crippen molar-refractivity contribution in [1.29, 1.82) is 0 Å². The minimum Gasteiger partial charge on any atom is -0.497 e. The zero-order valence-corrected chi connectivity index (χ0v) is 7.67. The van der Waals surface area contributed by atoms with E-state index >= 15 is 0 Å². The molecule has 2 N–H and O–H groups in total. The van der Waals surface area contributed by atoms with E-state index < -0.39 is 6.61 Å². The van der Waals surface area contributed by atoms with E-state index in [4.69, 9.17) is 10.5 Å². The molecule has 0 aliphatic carbocycles. The van der Waals surface area contributed by atoms with Gasteiger partial charge in [0.25, 0.3) is 0 Å². The molecule has 1 rings (SSSR count). The molecule has 0 fully saturated rings. The third-order valence-corrected chi connectivity index (χ3v) is 1.64. The molecule has 3 nitrogen and oxygen atoms in total. The zero-order valence-electron chi connectivity index (χ0n) is 7.67. The highest BCUT2D eigenvalue weighted by atomic mass is 19.3. The molecule has 0 aliphatic heterocycles. The van der Waals surface area contributed by atoms with E-state index in [1.165, 1.54) is 19.2 Å². The van der Waals surface area contributed by atoms with Gasteiger partial charge in [0.1, 0.15) is 11.5 Å². The van der Waals surface area contributed by atoms with Crippen LogP contribution in [0.15, 0.2) is 18.2 Å². The lowest BCUT2D eigenvalue weighted by Crippen LogP contribution is -2.04. The monoisotopic (exact) mass is 203 g/mol. The Hall–Kier alpha value is -1.36. The molecule has 0 amide bonds. The molecule has 0 aliphatic rings. The summed E-state index contributed by atoms with van der Waals surface area (Å²) >= 11 is 0. The van der Waals surface area contributed by atoms with Crippen LogP contribution in [0.5, 0.6) is 11.5 Å². The van der Waals surface area contributed by atoms with Crippen molar-refractivity contribution in [3.63, 3.8) is 0 Å². The fraction of sp³-hybridized carbons (Fsp3) is 0.333. The van der Waals surface area contributed by atoms with E-state index in [0.717, 1.165) is 0 Å². The van der Waals surface area contributed by atoms with E-state index in [1.54, 1.807) is 6.07 Å². The third-order valence-electron chi connectivity index (χ3n) is 1.64. The van der Waals surface area contributed by atoms with Gasteiger partial charge >= 0.3 is 6.61 Å². The van der Waals surface area contributed by atoms with Crippen molar-refractivity contribution in [3.8, 4) is 11.5 Å². The number of rotatable bonds is 4. The van der Waals surface area contributed by atoms with Crippen LogP contribution >= 0.6 is 0 Å². The highest BCUT2D eigenvalue weighted by Crippen LogP contribution is 2.23. The van der Waals surface area contributed by atoms with Gasteiger partial charge in [-0.1, -0.05) is 0 Å². The van der Waals surface area contributed by atoms with Crippen LogP contribution in [0.25, 0.3) is 0 Å². The molecule has 5 heteroatoms. The molecule has 1 aromatic rings. The van der Waals surface area contributed by atoms with Crippen LogP contribution in [-0.2, 0) is 6.54 Å². The molecule has 0 unspecified atom stereocenters. The second-order valence-corrected chi connectivity index (χ2v) is 2.60. The number of benzene rings is 1. The summed E-state index contributed by atoms with van der Waals surface area (Å²) in [6, 6.07) is 4.50. The van der Waals surface area contributed by atoms with E-state index in [-0.39, 0.29) is 12.3 Å². The molecule has 78 valence electrons. The first-order valence-corrected chi connectivity index (χ1v) is 3.98. The number of nitrogens with two attached hydrogens (primary N) is 1. The number of alkyl halides is 2. The van der Waals surface area contributed by atoms with Gasteiger partial charge in [0.2, 0.25) is 0 Å². The second-order valence-electron chi connectivity index (χ2n) is 2.60. The molecule has 0 saturated heterocycles. The summed E-state index contributed by atoms with van der Waals surface area (Å²) < 4.78 is 32.9. The highest BCUT2D eigenvalue weighted by molar-refractivity contribution is 5.38. The van der Waals surface area contributed by atoms with Gasteiger partial charge in [-0.25, -0.2) is 0 Å². The van der Waals surface area contributed by atoms with Gasteiger partial charge in [-0.05, 0) is 17.7 Å².